The van der Waals surface area contributed by atoms with Crippen LogP contribution in [0.3, 0.4) is 0 Å². The van der Waals surface area contributed by atoms with Crippen molar-refractivity contribution in [2.45, 2.75) is 26.4 Å². The van der Waals surface area contributed by atoms with E-state index < -0.39 is 0 Å². The van der Waals surface area contributed by atoms with Gasteiger partial charge in [-0.05, 0) is 17.9 Å². The van der Waals surface area contributed by atoms with Gasteiger partial charge in [0.1, 0.15) is 0 Å². The molecule has 0 amide bonds. The number of rotatable bonds is 9. The molecule has 0 aliphatic heterocycles. The van der Waals surface area contributed by atoms with Crippen LogP contribution in [-0.2, 0) is 24.2 Å². The zero-order valence-corrected chi connectivity index (χ0v) is 14.5. The monoisotopic (exact) mass is 325 g/mol. The van der Waals surface area contributed by atoms with Crippen LogP contribution in [0, 0.1) is 0 Å². The number of methoxy groups -OCH3 is 1. The smallest absolute Gasteiger partial charge is 0.185 e. The normalized spacial score (nSPS) is 11.0. The Balaban J connectivity index is 1.98. The Morgan fingerprint density at radius 3 is 2.95 bits per heavy atom. The Hall–Kier alpha value is -0.950. The van der Waals surface area contributed by atoms with Gasteiger partial charge in [-0.3, -0.25) is 0 Å². The summed E-state index contributed by atoms with van der Waals surface area (Å²) in [6.45, 7) is 5.57. The van der Waals surface area contributed by atoms with Gasteiger partial charge in [0.05, 0.1) is 18.8 Å². The van der Waals surface area contributed by atoms with E-state index in [1.54, 1.807) is 29.8 Å². The largest absolute Gasteiger partial charge is 0.383 e. The van der Waals surface area contributed by atoms with Crippen LogP contribution in [0.1, 0.15) is 22.4 Å². The number of aromatic nitrogens is 1. The van der Waals surface area contributed by atoms with Gasteiger partial charge >= 0.3 is 0 Å². The molecule has 1 N–H and O–H groups in total. The maximum atomic E-state index is 5.06. The van der Waals surface area contributed by atoms with E-state index >= 15 is 0 Å². The second-order valence-corrected chi connectivity index (χ2v) is 6.92. The van der Waals surface area contributed by atoms with Crippen molar-refractivity contribution in [2.75, 3.05) is 32.2 Å². The number of aryl methyl sites for hydroxylation is 1. The second kappa shape index (κ2) is 8.48. The van der Waals surface area contributed by atoms with E-state index in [0.29, 0.717) is 0 Å². The van der Waals surface area contributed by atoms with Gasteiger partial charge in [-0.15, -0.1) is 22.7 Å². The standard InChI is InChI=1S/C15H23N3OS2/c1-4-13-14(10-16-7-8-19-3)21-15(17-13)18(2)11-12-6-5-9-20-12/h5-6,9,16H,4,7-8,10-11H2,1-3H3. The average molecular weight is 326 g/mol. The van der Waals surface area contributed by atoms with Gasteiger partial charge < -0.3 is 15.0 Å². The first kappa shape index (κ1) is 16.4. The first-order valence-corrected chi connectivity index (χ1v) is 8.86. The summed E-state index contributed by atoms with van der Waals surface area (Å²) in [5, 5.41) is 6.62. The molecule has 0 bridgehead atoms. The molecule has 21 heavy (non-hydrogen) atoms. The van der Waals surface area contributed by atoms with Crippen LogP contribution in [0.25, 0.3) is 0 Å². The molecule has 0 aliphatic rings. The van der Waals surface area contributed by atoms with E-state index in [1.165, 1.54) is 15.4 Å². The summed E-state index contributed by atoms with van der Waals surface area (Å²) in [4.78, 5) is 9.72. The molecular weight excluding hydrogens is 302 g/mol. The van der Waals surface area contributed by atoms with Crippen molar-refractivity contribution in [3.8, 4) is 0 Å². The number of ether oxygens (including phenoxy) is 1. The van der Waals surface area contributed by atoms with Crippen molar-refractivity contribution >= 4 is 27.8 Å². The summed E-state index contributed by atoms with van der Waals surface area (Å²) in [6.07, 6.45) is 0.977. The van der Waals surface area contributed by atoms with E-state index in [4.69, 9.17) is 9.72 Å². The van der Waals surface area contributed by atoms with Gasteiger partial charge in [0.2, 0.25) is 0 Å². The van der Waals surface area contributed by atoms with Gasteiger partial charge in [-0.1, -0.05) is 13.0 Å². The van der Waals surface area contributed by atoms with Gasteiger partial charge in [0.25, 0.3) is 0 Å². The summed E-state index contributed by atoms with van der Waals surface area (Å²) in [5.74, 6) is 0. The Bertz CT molecular complexity index is 525. The van der Waals surface area contributed by atoms with Crippen LogP contribution in [0.5, 0.6) is 0 Å². The summed E-state index contributed by atoms with van der Waals surface area (Å²) < 4.78 is 5.06. The summed E-state index contributed by atoms with van der Waals surface area (Å²) in [7, 11) is 3.84. The van der Waals surface area contributed by atoms with Crippen molar-refractivity contribution in [2.24, 2.45) is 0 Å². The number of nitrogens with zero attached hydrogens (tertiary/aromatic N) is 2. The summed E-state index contributed by atoms with van der Waals surface area (Å²) in [5.41, 5.74) is 1.21. The molecule has 6 heteroatoms. The van der Waals surface area contributed by atoms with Crippen LogP contribution < -0.4 is 10.2 Å². The van der Waals surface area contributed by atoms with Crippen LogP contribution in [0.4, 0.5) is 5.13 Å². The third-order valence-corrected chi connectivity index (χ3v) is 5.24. The molecule has 0 radical (unpaired) electrons. The SMILES string of the molecule is CCc1nc(N(C)Cc2cccs2)sc1CNCCOC. The molecule has 4 nitrogen and oxygen atoms in total. The Morgan fingerprint density at radius 1 is 1.43 bits per heavy atom. The van der Waals surface area contributed by atoms with Gasteiger partial charge in [-0.2, -0.15) is 0 Å². The van der Waals surface area contributed by atoms with Gasteiger partial charge in [0, 0.05) is 37.0 Å². The lowest BCUT2D eigenvalue weighted by Crippen LogP contribution is -2.18. The lowest BCUT2D eigenvalue weighted by atomic mass is 10.3. The molecular formula is C15H23N3OS2. The second-order valence-electron chi connectivity index (χ2n) is 4.82. The maximum absolute atomic E-state index is 5.06. The van der Waals surface area contributed by atoms with Crippen LogP contribution in [0.2, 0.25) is 0 Å². The number of anilines is 1. The van der Waals surface area contributed by atoms with E-state index in [2.05, 4.69) is 41.7 Å². The lowest BCUT2D eigenvalue weighted by molar-refractivity contribution is 0.199. The first-order chi connectivity index (χ1) is 10.2. The fraction of sp³-hybridized carbons (Fsp3) is 0.533. The van der Waals surface area contributed by atoms with Crippen molar-refractivity contribution in [1.82, 2.24) is 10.3 Å². The zero-order chi connectivity index (χ0) is 15.1. The topological polar surface area (TPSA) is 37.4 Å². The molecule has 0 saturated heterocycles. The highest BCUT2D eigenvalue weighted by molar-refractivity contribution is 7.15. The van der Waals surface area contributed by atoms with E-state index in [9.17, 15) is 0 Å². The lowest BCUT2D eigenvalue weighted by Gasteiger charge is -2.14. The van der Waals surface area contributed by atoms with Crippen molar-refractivity contribution in [3.05, 3.63) is 33.0 Å². The van der Waals surface area contributed by atoms with Crippen LogP contribution in [-0.4, -0.2) is 32.3 Å². The predicted octanol–water partition coefficient (Wildman–Crippen LogP) is 3.14. The molecule has 2 heterocycles. The Labute approximate surface area is 134 Å². The minimum atomic E-state index is 0.741. The van der Waals surface area contributed by atoms with E-state index in [1.807, 2.05) is 0 Å². The molecule has 0 atom stereocenters. The molecule has 0 spiro atoms. The van der Waals surface area contributed by atoms with Crippen molar-refractivity contribution in [3.63, 3.8) is 0 Å². The van der Waals surface area contributed by atoms with Gasteiger partial charge in [0.15, 0.2) is 5.13 Å². The fourth-order valence-corrected chi connectivity index (χ4v) is 3.86. The molecule has 2 aromatic rings. The summed E-state index contributed by atoms with van der Waals surface area (Å²) >= 11 is 3.58. The van der Waals surface area contributed by atoms with E-state index in [-0.39, 0.29) is 0 Å². The number of hydrogen-bond donors (Lipinski definition) is 1. The first-order valence-electron chi connectivity index (χ1n) is 7.16. The van der Waals surface area contributed by atoms with Gasteiger partial charge in [-0.25, -0.2) is 4.98 Å². The highest BCUT2D eigenvalue weighted by Crippen LogP contribution is 2.27. The predicted molar refractivity (Wildman–Crippen MR) is 91.5 cm³/mol. The quantitative estimate of drug-likeness (QED) is 0.719. The Morgan fingerprint density at radius 2 is 2.29 bits per heavy atom. The molecule has 0 unspecified atom stereocenters. The number of thiophene rings is 1. The molecule has 0 aromatic carbocycles. The average Bonchev–Trinajstić information content (AvgIpc) is 3.12. The highest BCUT2D eigenvalue weighted by Gasteiger charge is 2.13. The minimum absolute atomic E-state index is 0.741. The van der Waals surface area contributed by atoms with Crippen LogP contribution in [0.15, 0.2) is 17.5 Å². The molecule has 0 aliphatic carbocycles. The molecule has 2 rings (SSSR count). The Kier molecular flexibility index (Phi) is 6.63. The van der Waals surface area contributed by atoms with E-state index in [0.717, 1.165) is 37.8 Å². The fourth-order valence-electron chi connectivity index (χ4n) is 2.03. The number of thiazole rings is 1. The molecule has 116 valence electrons. The van der Waals surface area contributed by atoms with Crippen LogP contribution >= 0.6 is 22.7 Å². The third-order valence-electron chi connectivity index (χ3n) is 3.17. The zero-order valence-electron chi connectivity index (χ0n) is 12.9. The molecule has 0 fully saturated rings. The number of hydrogen-bond acceptors (Lipinski definition) is 6. The van der Waals surface area contributed by atoms with Crippen molar-refractivity contribution < 1.29 is 4.74 Å². The minimum Gasteiger partial charge on any atom is -0.383 e. The van der Waals surface area contributed by atoms with Crippen molar-refractivity contribution in [1.29, 1.82) is 0 Å². The highest BCUT2D eigenvalue weighted by atomic mass is 32.1. The molecule has 2 aromatic heterocycles. The maximum Gasteiger partial charge on any atom is 0.185 e. The summed E-state index contributed by atoms with van der Waals surface area (Å²) in [6, 6.07) is 4.26. The third kappa shape index (κ3) is 4.78. The number of nitrogens with one attached hydrogen (secondary N) is 1. The molecule has 0 saturated carbocycles.